The van der Waals surface area contributed by atoms with Crippen LogP contribution in [-0.4, -0.2) is 31.6 Å². The zero-order valence-electron chi connectivity index (χ0n) is 22.9. The molecule has 0 aliphatic carbocycles. The van der Waals surface area contributed by atoms with E-state index in [4.69, 9.17) is 16.2 Å². The normalized spacial score (nSPS) is 12.6. The van der Waals surface area contributed by atoms with Crippen LogP contribution in [0.2, 0.25) is 0 Å². The molecule has 8 N–H and O–H groups in total. The summed E-state index contributed by atoms with van der Waals surface area (Å²) in [6.07, 6.45) is -4.92. The average molecular weight is 571 g/mol. The molecular weight excluding hydrogens is 537 g/mol. The fourth-order valence-electron chi connectivity index (χ4n) is 3.83. The lowest BCUT2D eigenvalue weighted by atomic mass is 10.1. The van der Waals surface area contributed by atoms with Gasteiger partial charge in [0.2, 0.25) is 0 Å². The summed E-state index contributed by atoms with van der Waals surface area (Å²) in [4.78, 5) is 25.9. The van der Waals surface area contributed by atoms with Crippen LogP contribution in [0.25, 0.3) is 0 Å². The SMILES string of the molecule is CC/C(C(=O)Nc1cc(NC(=O)c2cccc(C(F)(F)F)c2)ccc1C)=C(/NC)NCC(N)Oc1ccc(N)cc1. The summed E-state index contributed by atoms with van der Waals surface area (Å²) in [6, 6.07) is 15.7. The second kappa shape index (κ2) is 13.6. The van der Waals surface area contributed by atoms with E-state index in [1.807, 2.05) is 6.92 Å². The number of hydrogen-bond acceptors (Lipinski definition) is 7. The van der Waals surface area contributed by atoms with Crippen LogP contribution in [0.4, 0.5) is 30.2 Å². The van der Waals surface area contributed by atoms with Gasteiger partial charge in [-0.15, -0.1) is 0 Å². The topological polar surface area (TPSA) is 144 Å². The number of benzene rings is 3. The van der Waals surface area contributed by atoms with Crippen molar-refractivity contribution in [2.75, 3.05) is 30.0 Å². The molecule has 0 fully saturated rings. The lowest BCUT2D eigenvalue weighted by molar-refractivity contribution is -0.137. The lowest BCUT2D eigenvalue weighted by Gasteiger charge is -2.20. The smallest absolute Gasteiger partial charge is 0.416 e. The number of nitrogens with two attached hydrogens (primary N) is 2. The number of carbonyl (C=O) groups excluding carboxylic acids is 2. The van der Waals surface area contributed by atoms with Crippen molar-refractivity contribution in [1.82, 2.24) is 10.6 Å². The van der Waals surface area contributed by atoms with Gasteiger partial charge in [-0.2, -0.15) is 13.2 Å². The minimum Gasteiger partial charge on any atom is -0.474 e. The summed E-state index contributed by atoms with van der Waals surface area (Å²) in [6.45, 7) is 3.78. The van der Waals surface area contributed by atoms with Crippen molar-refractivity contribution in [3.8, 4) is 5.75 Å². The van der Waals surface area contributed by atoms with Crippen LogP contribution in [0.3, 0.4) is 0 Å². The van der Waals surface area contributed by atoms with Crippen LogP contribution in [0.1, 0.15) is 34.8 Å². The molecule has 0 spiro atoms. The molecule has 3 rings (SSSR count). The van der Waals surface area contributed by atoms with Crippen molar-refractivity contribution in [2.45, 2.75) is 32.7 Å². The van der Waals surface area contributed by atoms with Crippen LogP contribution in [0.5, 0.6) is 5.75 Å². The zero-order valence-corrected chi connectivity index (χ0v) is 22.9. The molecule has 3 aromatic rings. The molecule has 9 nitrogen and oxygen atoms in total. The van der Waals surface area contributed by atoms with Crippen LogP contribution in [-0.2, 0) is 11.0 Å². The Labute approximate surface area is 236 Å². The van der Waals surface area contributed by atoms with Crippen molar-refractivity contribution in [3.63, 3.8) is 0 Å². The van der Waals surface area contributed by atoms with Crippen LogP contribution < -0.4 is 37.5 Å². The standard InChI is InChI=1S/C29H33F3N6O3/c1-4-23(26(35-3)36-16-25(34)41-22-12-9-20(33)10-13-22)28(40)38-24-15-21(11-8-17(24)2)37-27(39)18-6-5-7-19(14-18)29(30,31)32/h5-15,25,35-36H,4,16,33-34H2,1-3H3,(H,37,39)(H,38,40)/b26-23+. The van der Waals surface area contributed by atoms with Gasteiger partial charge in [0.05, 0.1) is 17.7 Å². The van der Waals surface area contributed by atoms with E-state index in [0.717, 1.165) is 12.1 Å². The van der Waals surface area contributed by atoms with Gasteiger partial charge in [0.1, 0.15) is 11.6 Å². The van der Waals surface area contributed by atoms with Gasteiger partial charge < -0.3 is 31.7 Å². The number of aryl methyl sites for hydroxylation is 1. The molecule has 0 radical (unpaired) electrons. The Bertz CT molecular complexity index is 1410. The van der Waals surface area contributed by atoms with Crippen LogP contribution >= 0.6 is 0 Å². The Morgan fingerprint density at radius 1 is 1.00 bits per heavy atom. The van der Waals surface area contributed by atoms with Gasteiger partial charge in [-0.25, -0.2) is 0 Å². The Kier molecular flexibility index (Phi) is 10.2. The maximum absolute atomic E-state index is 13.2. The molecule has 1 unspecified atom stereocenters. The van der Waals surface area contributed by atoms with Gasteiger partial charge in [0.25, 0.3) is 11.8 Å². The number of ether oxygens (including phenoxy) is 1. The number of amides is 2. The minimum absolute atomic E-state index is 0.148. The van der Waals surface area contributed by atoms with E-state index in [0.29, 0.717) is 46.2 Å². The number of carbonyl (C=O) groups is 2. The maximum Gasteiger partial charge on any atom is 0.416 e. The first-order chi connectivity index (χ1) is 19.4. The number of anilines is 3. The molecule has 0 bridgehead atoms. The van der Waals surface area contributed by atoms with Crippen molar-refractivity contribution in [3.05, 3.63) is 94.8 Å². The van der Waals surface area contributed by atoms with Crippen LogP contribution in [0, 0.1) is 6.92 Å². The third-order valence-corrected chi connectivity index (χ3v) is 6.02. The van der Waals surface area contributed by atoms with E-state index >= 15 is 0 Å². The number of nitrogen functional groups attached to an aromatic ring is 1. The predicted molar refractivity (Wildman–Crippen MR) is 153 cm³/mol. The predicted octanol–water partition coefficient (Wildman–Crippen LogP) is 4.58. The van der Waals surface area contributed by atoms with Gasteiger partial charge in [0, 0.05) is 29.7 Å². The summed E-state index contributed by atoms with van der Waals surface area (Å²) in [5, 5.41) is 11.5. The highest BCUT2D eigenvalue weighted by molar-refractivity contribution is 6.06. The molecule has 0 saturated carbocycles. The van der Waals surface area contributed by atoms with E-state index in [1.54, 1.807) is 50.4 Å². The highest BCUT2D eigenvalue weighted by atomic mass is 19.4. The summed E-state index contributed by atoms with van der Waals surface area (Å²) in [5.41, 5.74) is 13.1. The number of rotatable bonds is 11. The second-order valence-corrected chi connectivity index (χ2v) is 9.08. The van der Waals surface area contributed by atoms with E-state index in [9.17, 15) is 22.8 Å². The molecule has 0 aliphatic heterocycles. The van der Waals surface area contributed by atoms with E-state index in [-0.39, 0.29) is 12.1 Å². The summed E-state index contributed by atoms with van der Waals surface area (Å²) in [5.74, 6) is -0.118. The third kappa shape index (κ3) is 8.64. The van der Waals surface area contributed by atoms with Crippen LogP contribution in [0.15, 0.2) is 78.1 Å². The fourth-order valence-corrected chi connectivity index (χ4v) is 3.83. The molecule has 2 amide bonds. The molecule has 41 heavy (non-hydrogen) atoms. The Morgan fingerprint density at radius 2 is 1.71 bits per heavy atom. The van der Waals surface area contributed by atoms with Gasteiger partial charge in [-0.1, -0.05) is 19.1 Å². The number of halogens is 3. The Hall–Kier alpha value is -4.71. The zero-order chi connectivity index (χ0) is 30.2. The quantitative estimate of drug-likeness (QED) is 0.113. The summed E-state index contributed by atoms with van der Waals surface area (Å²) in [7, 11) is 1.66. The Morgan fingerprint density at radius 3 is 2.34 bits per heavy atom. The number of nitrogens with one attached hydrogen (secondary N) is 4. The van der Waals surface area contributed by atoms with Crippen molar-refractivity contribution >= 4 is 28.9 Å². The molecule has 0 heterocycles. The fraction of sp³-hybridized carbons (Fsp3) is 0.241. The van der Waals surface area contributed by atoms with Crippen molar-refractivity contribution < 1.29 is 27.5 Å². The first-order valence-electron chi connectivity index (χ1n) is 12.7. The Balaban J connectivity index is 1.70. The molecule has 3 aromatic carbocycles. The van der Waals surface area contributed by atoms with Crippen molar-refractivity contribution in [1.29, 1.82) is 0 Å². The third-order valence-electron chi connectivity index (χ3n) is 6.02. The van der Waals surface area contributed by atoms with E-state index in [2.05, 4.69) is 21.3 Å². The minimum atomic E-state index is -4.57. The molecule has 0 aliphatic rings. The number of hydrogen-bond donors (Lipinski definition) is 6. The van der Waals surface area contributed by atoms with Gasteiger partial charge >= 0.3 is 6.18 Å². The maximum atomic E-state index is 13.2. The first kappa shape index (κ1) is 30.8. The molecule has 0 aromatic heterocycles. The highest BCUT2D eigenvalue weighted by Gasteiger charge is 2.31. The van der Waals surface area contributed by atoms with E-state index in [1.165, 1.54) is 18.2 Å². The van der Waals surface area contributed by atoms with Gasteiger partial charge in [-0.05, 0) is 73.5 Å². The molecule has 1 atom stereocenters. The van der Waals surface area contributed by atoms with E-state index < -0.39 is 29.8 Å². The lowest BCUT2D eigenvalue weighted by Crippen LogP contribution is -2.41. The summed E-state index contributed by atoms with van der Waals surface area (Å²) >= 11 is 0. The summed E-state index contributed by atoms with van der Waals surface area (Å²) < 4.78 is 44.8. The molecule has 218 valence electrons. The van der Waals surface area contributed by atoms with Gasteiger partial charge in [-0.3, -0.25) is 15.3 Å². The van der Waals surface area contributed by atoms with Crippen molar-refractivity contribution in [2.24, 2.45) is 5.73 Å². The first-order valence-corrected chi connectivity index (χ1v) is 12.7. The average Bonchev–Trinajstić information content (AvgIpc) is 2.93. The van der Waals surface area contributed by atoms with Gasteiger partial charge in [0.15, 0.2) is 6.23 Å². The molecule has 12 heteroatoms. The molecular formula is C29H33F3N6O3. The largest absolute Gasteiger partial charge is 0.474 e. The second-order valence-electron chi connectivity index (χ2n) is 9.08. The monoisotopic (exact) mass is 570 g/mol. The number of alkyl halides is 3. The molecule has 0 saturated heterocycles. The highest BCUT2D eigenvalue weighted by Crippen LogP contribution is 2.30.